The Labute approximate surface area is 171 Å². The fourth-order valence-corrected chi connectivity index (χ4v) is 3.22. The van der Waals surface area contributed by atoms with Crippen molar-refractivity contribution in [2.45, 2.75) is 45.2 Å². The van der Waals surface area contributed by atoms with E-state index in [4.69, 9.17) is 16.2 Å². The Morgan fingerprint density at radius 2 is 2.07 bits per heavy atom. The van der Waals surface area contributed by atoms with Crippen molar-refractivity contribution >= 4 is 34.4 Å². The minimum atomic E-state index is -1.06. The topological polar surface area (TPSA) is 164 Å². The van der Waals surface area contributed by atoms with Crippen molar-refractivity contribution in [2.75, 3.05) is 12.5 Å². The number of esters is 1. The van der Waals surface area contributed by atoms with Crippen LogP contribution in [-0.2, 0) is 19.1 Å². The van der Waals surface area contributed by atoms with Crippen LogP contribution in [-0.4, -0.2) is 50.5 Å². The van der Waals surface area contributed by atoms with Crippen LogP contribution in [0.5, 0.6) is 0 Å². The number of aromatic nitrogens is 3. The van der Waals surface area contributed by atoms with Gasteiger partial charge < -0.3 is 16.2 Å². The molecule has 11 nitrogen and oxygen atoms in total. The molecular weight excluding hydrogens is 392 g/mol. The fourth-order valence-electron chi connectivity index (χ4n) is 3.22. The summed E-state index contributed by atoms with van der Waals surface area (Å²) in [6.45, 7) is 3.11. The first-order valence-electron chi connectivity index (χ1n) is 9.66. The zero-order chi connectivity index (χ0) is 22.0. The fraction of sp³-hybridized carbons (Fsp3) is 0.474. The number of ether oxygens (including phenoxy) is 1. The maximum absolute atomic E-state index is 12.9. The number of amides is 2. The zero-order valence-corrected chi connectivity index (χ0v) is 16.8. The Morgan fingerprint density at radius 3 is 2.77 bits per heavy atom. The number of piperidine rings is 1. The molecular formula is C19H24N6O5. The van der Waals surface area contributed by atoms with Crippen molar-refractivity contribution < 1.29 is 19.1 Å². The quantitative estimate of drug-likeness (QED) is 0.373. The molecule has 1 fully saturated rings. The average molecular weight is 416 g/mol. The Kier molecular flexibility index (Phi) is 6.11. The summed E-state index contributed by atoms with van der Waals surface area (Å²) in [5.74, 6) is -2.04. The number of anilines is 1. The van der Waals surface area contributed by atoms with Gasteiger partial charge in [0.15, 0.2) is 6.73 Å². The second-order valence-electron chi connectivity index (χ2n) is 7.30. The number of benzene rings is 1. The van der Waals surface area contributed by atoms with Gasteiger partial charge in [0.05, 0.1) is 5.39 Å². The maximum Gasteiger partial charge on any atom is 0.324 e. The number of nitrogens with zero attached hydrogens (tertiary/aromatic N) is 4. The number of imide groups is 1. The van der Waals surface area contributed by atoms with Gasteiger partial charge in [0.1, 0.15) is 17.6 Å². The molecule has 1 aromatic carbocycles. The first-order chi connectivity index (χ1) is 14.3. The van der Waals surface area contributed by atoms with E-state index in [1.54, 1.807) is 25.1 Å². The maximum atomic E-state index is 12.9. The molecule has 0 spiro atoms. The first-order valence-corrected chi connectivity index (χ1v) is 9.66. The molecule has 1 aliphatic heterocycles. The van der Waals surface area contributed by atoms with Gasteiger partial charge in [0, 0.05) is 12.1 Å². The SMILES string of the molecule is CC[C@H](C)[C@H](N)C(=O)OCN1C(=O)CC[C@H](n2nnc3cccc(N)c3c2=O)C1=O. The summed E-state index contributed by atoms with van der Waals surface area (Å²) in [6, 6.07) is 2.85. The molecule has 3 rings (SSSR count). The van der Waals surface area contributed by atoms with E-state index in [0.29, 0.717) is 11.9 Å². The molecule has 1 aromatic heterocycles. The Hall–Kier alpha value is -3.34. The van der Waals surface area contributed by atoms with Gasteiger partial charge in [-0.05, 0) is 24.5 Å². The van der Waals surface area contributed by atoms with Gasteiger partial charge in [0.25, 0.3) is 11.5 Å². The van der Waals surface area contributed by atoms with Gasteiger partial charge in [-0.15, -0.1) is 5.10 Å². The van der Waals surface area contributed by atoms with Crippen LogP contribution in [0.2, 0.25) is 0 Å². The third kappa shape index (κ3) is 3.88. The molecule has 0 saturated carbocycles. The lowest BCUT2D eigenvalue weighted by molar-refractivity contribution is -0.164. The standard InChI is InChI=1S/C19H24N6O5/c1-3-10(2)16(21)19(29)30-9-24-14(26)8-7-13(17(24)27)25-18(28)15-11(20)5-4-6-12(15)22-23-25/h4-6,10,13,16H,3,7-9,20-21H2,1-2H3/t10-,13-,16-/m0/s1. The number of rotatable bonds is 6. The van der Waals surface area contributed by atoms with Crippen LogP contribution in [0.4, 0.5) is 5.69 Å². The minimum absolute atomic E-state index is 0.0260. The van der Waals surface area contributed by atoms with Crippen LogP contribution in [0, 0.1) is 5.92 Å². The van der Waals surface area contributed by atoms with Crippen molar-refractivity contribution in [1.82, 2.24) is 19.9 Å². The van der Waals surface area contributed by atoms with E-state index >= 15 is 0 Å². The minimum Gasteiger partial charge on any atom is -0.443 e. The second-order valence-corrected chi connectivity index (χ2v) is 7.30. The smallest absolute Gasteiger partial charge is 0.324 e. The Balaban J connectivity index is 1.83. The molecule has 1 aliphatic rings. The largest absolute Gasteiger partial charge is 0.443 e. The lowest BCUT2D eigenvalue weighted by Crippen LogP contribution is -2.50. The second kappa shape index (κ2) is 8.57. The Morgan fingerprint density at radius 1 is 1.33 bits per heavy atom. The van der Waals surface area contributed by atoms with Gasteiger partial charge in [-0.25, -0.2) is 4.90 Å². The highest BCUT2D eigenvalue weighted by atomic mass is 16.5. The number of nitrogens with two attached hydrogens (primary N) is 2. The van der Waals surface area contributed by atoms with Crippen LogP contribution in [0.3, 0.4) is 0 Å². The number of hydrogen-bond acceptors (Lipinski definition) is 9. The van der Waals surface area contributed by atoms with Gasteiger partial charge in [-0.2, -0.15) is 4.68 Å². The van der Waals surface area contributed by atoms with Gasteiger partial charge in [-0.3, -0.25) is 19.2 Å². The van der Waals surface area contributed by atoms with Crippen molar-refractivity contribution in [1.29, 1.82) is 0 Å². The van der Waals surface area contributed by atoms with Crippen LogP contribution < -0.4 is 17.0 Å². The first kappa shape index (κ1) is 21.4. The Bertz CT molecular complexity index is 1050. The van der Waals surface area contributed by atoms with Crippen LogP contribution in [0.25, 0.3) is 10.9 Å². The number of fused-ring (bicyclic) bond motifs is 1. The molecule has 2 aromatic rings. The molecule has 30 heavy (non-hydrogen) atoms. The highest BCUT2D eigenvalue weighted by Gasteiger charge is 2.38. The van der Waals surface area contributed by atoms with E-state index in [2.05, 4.69) is 10.3 Å². The lowest BCUT2D eigenvalue weighted by atomic mass is 10.0. The predicted molar refractivity (Wildman–Crippen MR) is 107 cm³/mol. The molecule has 2 amide bonds. The van der Waals surface area contributed by atoms with Gasteiger partial charge in [0.2, 0.25) is 5.91 Å². The monoisotopic (exact) mass is 416 g/mol. The van der Waals surface area contributed by atoms with Crippen LogP contribution in [0.1, 0.15) is 39.2 Å². The van der Waals surface area contributed by atoms with Crippen LogP contribution >= 0.6 is 0 Å². The lowest BCUT2D eigenvalue weighted by Gasteiger charge is -2.30. The molecule has 2 heterocycles. The molecule has 0 unspecified atom stereocenters. The summed E-state index contributed by atoms with van der Waals surface area (Å²) in [7, 11) is 0. The molecule has 11 heteroatoms. The van der Waals surface area contributed by atoms with E-state index < -0.39 is 42.2 Å². The van der Waals surface area contributed by atoms with E-state index in [0.717, 1.165) is 9.58 Å². The molecule has 4 N–H and O–H groups in total. The molecule has 3 atom stereocenters. The van der Waals surface area contributed by atoms with Crippen molar-refractivity contribution in [3.63, 3.8) is 0 Å². The summed E-state index contributed by atoms with van der Waals surface area (Å²) < 4.78 is 6.01. The van der Waals surface area contributed by atoms with Crippen molar-refractivity contribution in [3.8, 4) is 0 Å². The van der Waals surface area contributed by atoms with Crippen molar-refractivity contribution in [2.24, 2.45) is 11.7 Å². The molecule has 0 radical (unpaired) electrons. The summed E-state index contributed by atoms with van der Waals surface area (Å²) in [6.07, 6.45) is 0.718. The normalized spacial score (nSPS) is 19.0. The molecule has 1 saturated heterocycles. The van der Waals surface area contributed by atoms with Gasteiger partial charge in [-0.1, -0.05) is 31.5 Å². The number of hydrogen-bond donors (Lipinski definition) is 2. The number of carbonyl (C=O) groups is 3. The molecule has 0 bridgehead atoms. The highest BCUT2D eigenvalue weighted by molar-refractivity contribution is 5.99. The highest BCUT2D eigenvalue weighted by Crippen LogP contribution is 2.23. The summed E-state index contributed by atoms with van der Waals surface area (Å²) in [4.78, 5) is 50.9. The predicted octanol–water partition coefficient (Wildman–Crippen LogP) is -0.0621. The third-order valence-electron chi connectivity index (χ3n) is 5.39. The summed E-state index contributed by atoms with van der Waals surface area (Å²) >= 11 is 0. The van der Waals surface area contributed by atoms with E-state index in [-0.39, 0.29) is 29.8 Å². The van der Waals surface area contributed by atoms with E-state index in [1.165, 1.54) is 0 Å². The van der Waals surface area contributed by atoms with Gasteiger partial charge >= 0.3 is 5.97 Å². The van der Waals surface area contributed by atoms with Crippen molar-refractivity contribution in [3.05, 3.63) is 28.6 Å². The van der Waals surface area contributed by atoms with Crippen LogP contribution in [0.15, 0.2) is 23.0 Å². The number of carbonyl (C=O) groups excluding carboxylic acids is 3. The number of likely N-dealkylation sites (tertiary alicyclic amines) is 1. The summed E-state index contributed by atoms with van der Waals surface area (Å²) in [5, 5.41) is 7.96. The zero-order valence-electron chi connectivity index (χ0n) is 16.8. The third-order valence-corrected chi connectivity index (χ3v) is 5.39. The number of nitrogen functional groups attached to an aromatic ring is 1. The summed E-state index contributed by atoms with van der Waals surface area (Å²) in [5.41, 5.74) is 11.6. The average Bonchev–Trinajstić information content (AvgIpc) is 2.73. The van der Waals surface area contributed by atoms with E-state index in [1.807, 2.05) is 6.92 Å². The molecule has 160 valence electrons. The van der Waals surface area contributed by atoms with E-state index in [9.17, 15) is 19.2 Å². The molecule has 0 aliphatic carbocycles.